The summed E-state index contributed by atoms with van der Waals surface area (Å²) in [6.45, 7) is 5.91. The van der Waals surface area contributed by atoms with Gasteiger partial charge in [0.15, 0.2) is 13.1 Å². The van der Waals surface area contributed by atoms with E-state index in [4.69, 9.17) is 0 Å². The van der Waals surface area contributed by atoms with Crippen LogP contribution in [0.4, 0.5) is 5.69 Å². The number of amides is 2. The van der Waals surface area contributed by atoms with Crippen molar-refractivity contribution in [3.8, 4) is 0 Å². The highest BCUT2D eigenvalue weighted by molar-refractivity contribution is 5.95. The zero-order chi connectivity index (χ0) is 17.5. The molecule has 2 aromatic rings. The fourth-order valence-corrected chi connectivity index (χ4v) is 2.76. The van der Waals surface area contributed by atoms with Gasteiger partial charge >= 0.3 is 0 Å². The van der Waals surface area contributed by atoms with Crippen molar-refractivity contribution in [1.29, 1.82) is 0 Å². The van der Waals surface area contributed by atoms with Crippen LogP contribution in [0.1, 0.15) is 13.8 Å². The Kier molecular flexibility index (Phi) is 6.32. The van der Waals surface area contributed by atoms with Gasteiger partial charge in [-0.1, -0.05) is 30.3 Å². The van der Waals surface area contributed by atoms with Gasteiger partial charge in [0.1, 0.15) is 0 Å². The van der Waals surface area contributed by atoms with E-state index < -0.39 is 0 Å². The van der Waals surface area contributed by atoms with Crippen molar-refractivity contribution in [2.75, 3.05) is 38.5 Å². The van der Waals surface area contributed by atoms with Crippen LogP contribution in [0.25, 0.3) is 10.8 Å². The minimum absolute atomic E-state index is 0.0796. The number of quaternary nitrogens is 1. The topological polar surface area (TPSA) is 53.9 Å². The first kappa shape index (κ1) is 17.9. The lowest BCUT2D eigenvalue weighted by Gasteiger charge is -2.20. The Balaban J connectivity index is 1.90. The number of fused-ring (bicyclic) bond motifs is 1. The molecule has 2 aromatic carbocycles. The van der Waals surface area contributed by atoms with Gasteiger partial charge in [-0.3, -0.25) is 9.59 Å². The van der Waals surface area contributed by atoms with Crippen molar-refractivity contribution in [2.45, 2.75) is 13.8 Å². The first-order valence-corrected chi connectivity index (χ1v) is 8.41. The first-order valence-electron chi connectivity index (χ1n) is 8.41. The Morgan fingerprint density at radius 3 is 2.33 bits per heavy atom. The van der Waals surface area contributed by atoms with Crippen molar-refractivity contribution in [3.63, 3.8) is 0 Å². The minimum atomic E-state index is -0.0878. The molecule has 0 heterocycles. The molecule has 0 fully saturated rings. The molecule has 0 saturated heterocycles. The van der Waals surface area contributed by atoms with Crippen LogP contribution >= 0.6 is 0 Å². The van der Waals surface area contributed by atoms with Gasteiger partial charge in [0.25, 0.3) is 11.8 Å². The van der Waals surface area contributed by atoms with Crippen LogP contribution < -0.4 is 10.2 Å². The number of likely N-dealkylation sites (N-methyl/N-ethyl adjacent to an activating group) is 2. The summed E-state index contributed by atoms with van der Waals surface area (Å²) in [5, 5.41) is 5.14. The Labute approximate surface area is 143 Å². The molecule has 2 N–H and O–H groups in total. The van der Waals surface area contributed by atoms with Gasteiger partial charge in [-0.05, 0) is 36.8 Å². The van der Waals surface area contributed by atoms with Crippen LogP contribution in [-0.2, 0) is 9.59 Å². The molecule has 1 atom stereocenters. The van der Waals surface area contributed by atoms with E-state index in [0.717, 1.165) is 21.4 Å². The van der Waals surface area contributed by atoms with Crippen LogP contribution in [0.3, 0.4) is 0 Å². The number of nitrogens with zero attached hydrogens (tertiary/aromatic N) is 1. The smallest absolute Gasteiger partial charge is 0.279 e. The Hall–Kier alpha value is -2.40. The Morgan fingerprint density at radius 1 is 1.00 bits per heavy atom. The highest BCUT2D eigenvalue weighted by Crippen LogP contribution is 2.18. The standard InChI is InChI=1S/C19H25N3O2/c1-4-22(5-2)19(24)14-21(3)13-18(23)20-17-11-10-15-8-6-7-9-16(15)12-17/h6-12H,4-5,13-14H2,1-3H3,(H,20,23)/p+1. The third-order valence-electron chi connectivity index (χ3n) is 4.06. The number of nitrogens with one attached hydrogen (secondary N) is 2. The molecule has 5 heteroatoms. The van der Waals surface area contributed by atoms with Gasteiger partial charge in [-0.15, -0.1) is 0 Å². The lowest BCUT2D eigenvalue weighted by Crippen LogP contribution is -3.11. The van der Waals surface area contributed by atoms with Gasteiger partial charge in [-0.2, -0.15) is 0 Å². The first-order chi connectivity index (χ1) is 11.5. The summed E-state index contributed by atoms with van der Waals surface area (Å²) in [6.07, 6.45) is 0. The van der Waals surface area contributed by atoms with Crippen LogP contribution in [0.2, 0.25) is 0 Å². The monoisotopic (exact) mass is 328 g/mol. The molecule has 0 aliphatic rings. The van der Waals surface area contributed by atoms with Crippen molar-refractivity contribution in [1.82, 2.24) is 4.90 Å². The third kappa shape index (κ3) is 4.80. The number of carbonyl (C=O) groups excluding carboxylic acids is 2. The van der Waals surface area contributed by atoms with E-state index in [0.29, 0.717) is 19.6 Å². The molecule has 24 heavy (non-hydrogen) atoms. The highest BCUT2D eigenvalue weighted by atomic mass is 16.2. The summed E-state index contributed by atoms with van der Waals surface area (Å²) in [5.74, 6) is -0.00821. The number of anilines is 1. The zero-order valence-corrected chi connectivity index (χ0v) is 14.6. The van der Waals surface area contributed by atoms with Crippen molar-refractivity contribution >= 4 is 28.3 Å². The molecular formula is C19H26N3O2+. The normalized spacial score (nSPS) is 12.0. The van der Waals surface area contributed by atoms with E-state index in [2.05, 4.69) is 5.32 Å². The Morgan fingerprint density at radius 2 is 1.67 bits per heavy atom. The second-order valence-electron chi connectivity index (χ2n) is 5.99. The summed E-state index contributed by atoms with van der Waals surface area (Å²) in [6, 6.07) is 13.9. The molecule has 0 aliphatic heterocycles. The van der Waals surface area contributed by atoms with E-state index in [1.807, 2.05) is 63.4 Å². The lowest BCUT2D eigenvalue weighted by molar-refractivity contribution is -0.862. The second-order valence-corrected chi connectivity index (χ2v) is 5.99. The van der Waals surface area contributed by atoms with Gasteiger partial charge < -0.3 is 15.1 Å². The Bertz CT molecular complexity index is 711. The fourth-order valence-electron chi connectivity index (χ4n) is 2.76. The molecule has 0 saturated carbocycles. The van der Waals surface area contributed by atoms with Crippen molar-refractivity contribution < 1.29 is 14.5 Å². The molecule has 1 unspecified atom stereocenters. The largest absolute Gasteiger partial charge is 0.338 e. The van der Waals surface area contributed by atoms with Gasteiger partial charge in [0.05, 0.1) is 7.05 Å². The van der Waals surface area contributed by atoms with E-state index in [9.17, 15) is 9.59 Å². The zero-order valence-electron chi connectivity index (χ0n) is 14.6. The lowest BCUT2D eigenvalue weighted by atomic mass is 10.1. The number of rotatable bonds is 7. The SMILES string of the molecule is CCN(CC)C(=O)C[NH+](C)CC(=O)Nc1ccc2ccccc2c1. The second kappa shape index (κ2) is 8.45. The average molecular weight is 328 g/mol. The maximum atomic E-state index is 12.2. The van der Waals surface area contributed by atoms with Crippen LogP contribution in [0.15, 0.2) is 42.5 Å². The summed E-state index contributed by atoms with van der Waals surface area (Å²) in [7, 11) is 1.86. The quantitative estimate of drug-likeness (QED) is 0.801. The molecule has 2 rings (SSSR count). The number of carbonyl (C=O) groups is 2. The number of hydrogen-bond donors (Lipinski definition) is 2. The predicted molar refractivity (Wildman–Crippen MR) is 97.1 cm³/mol. The minimum Gasteiger partial charge on any atom is -0.338 e. The average Bonchev–Trinajstić information content (AvgIpc) is 2.55. The molecule has 0 bridgehead atoms. The fraction of sp³-hybridized carbons (Fsp3) is 0.368. The van der Waals surface area contributed by atoms with Crippen molar-refractivity contribution in [2.24, 2.45) is 0 Å². The predicted octanol–water partition coefficient (Wildman–Crippen LogP) is 1.16. The van der Waals surface area contributed by atoms with E-state index in [1.54, 1.807) is 4.90 Å². The van der Waals surface area contributed by atoms with Gasteiger partial charge in [0.2, 0.25) is 0 Å². The molecule has 0 radical (unpaired) electrons. The van der Waals surface area contributed by atoms with Crippen LogP contribution in [0, 0.1) is 0 Å². The number of hydrogen-bond acceptors (Lipinski definition) is 2. The molecule has 0 aliphatic carbocycles. The van der Waals surface area contributed by atoms with Crippen LogP contribution in [-0.4, -0.2) is 49.9 Å². The third-order valence-corrected chi connectivity index (χ3v) is 4.06. The van der Waals surface area contributed by atoms with Crippen molar-refractivity contribution in [3.05, 3.63) is 42.5 Å². The summed E-state index contributed by atoms with van der Waals surface area (Å²) in [5.41, 5.74) is 0.779. The van der Waals surface area contributed by atoms with E-state index >= 15 is 0 Å². The molecule has 0 spiro atoms. The van der Waals surface area contributed by atoms with Gasteiger partial charge in [0, 0.05) is 18.8 Å². The van der Waals surface area contributed by atoms with E-state index in [-0.39, 0.29) is 18.4 Å². The van der Waals surface area contributed by atoms with Gasteiger partial charge in [-0.25, -0.2) is 0 Å². The molecule has 5 nitrogen and oxygen atoms in total. The van der Waals surface area contributed by atoms with Crippen LogP contribution in [0.5, 0.6) is 0 Å². The maximum Gasteiger partial charge on any atom is 0.279 e. The summed E-state index contributed by atoms with van der Waals surface area (Å²) in [4.78, 5) is 26.9. The maximum absolute atomic E-state index is 12.2. The summed E-state index contributed by atoms with van der Waals surface area (Å²) < 4.78 is 0. The molecule has 128 valence electrons. The number of benzene rings is 2. The highest BCUT2D eigenvalue weighted by Gasteiger charge is 2.17. The molecule has 0 aromatic heterocycles. The van der Waals surface area contributed by atoms with E-state index in [1.165, 1.54) is 0 Å². The summed E-state index contributed by atoms with van der Waals surface area (Å²) >= 11 is 0. The molecule has 2 amide bonds. The molecular weight excluding hydrogens is 302 g/mol.